The molecular formula is C27H31F3N4O5. The average Bonchev–Trinajstić information content (AvgIpc) is 3.66. The molecule has 0 aliphatic heterocycles. The van der Waals surface area contributed by atoms with E-state index in [1.54, 1.807) is 26.2 Å². The number of nitrogen functional groups attached to an aromatic ring is 1. The highest BCUT2D eigenvalue weighted by atomic mass is 19.4. The quantitative estimate of drug-likeness (QED) is 0.313. The molecule has 3 aromatic rings. The van der Waals surface area contributed by atoms with E-state index >= 15 is 0 Å². The van der Waals surface area contributed by atoms with E-state index in [1.807, 2.05) is 6.92 Å². The van der Waals surface area contributed by atoms with Gasteiger partial charge >= 0.3 is 12.3 Å². The summed E-state index contributed by atoms with van der Waals surface area (Å²) in [5, 5.41) is 10.6. The molecule has 1 aliphatic carbocycles. The molecule has 3 N–H and O–H groups in total. The van der Waals surface area contributed by atoms with Gasteiger partial charge in [-0.25, -0.2) is 14.8 Å². The Labute approximate surface area is 223 Å². The number of carboxylic acid groups (broad SMARTS) is 1. The fourth-order valence-electron chi connectivity index (χ4n) is 4.66. The largest absolute Gasteiger partial charge is 0.493 e. The lowest BCUT2D eigenvalue weighted by Crippen LogP contribution is -2.33. The number of methoxy groups -OCH3 is 2. The molecule has 0 radical (unpaired) electrons. The standard InChI is InChI=1S/C27H31F3N4O5/c1-14(17-8-18(27(28,29)30)10-19(31)9-17)34(25(35)36)24-20-11-23(39-13-26(6-7-26)15(2)37-4)22(38-5)12-21(20)32-16(3)33-24/h8-12,14-15H,6-7,13,31H2,1-5H3,(H,35,36)/t14-,15+/m1/s1. The highest BCUT2D eigenvalue weighted by Crippen LogP contribution is 2.50. The molecule has 1 saturated carbocycles. The fourth-order valence-corrected chi connectivity index (χ4v) is 4.66. The number of amides is 1. The topological polar surface area (TPSA) is 120 Å². The maximum Gasteiger partial charge on any atom is 0.416 e. The van der Waals surface area contributed by atoms with Crippen LogP contribution in [0.25, 0.3) is 10.9 Å². The van der Waals surface area contributed by atoms with Crippen molar-refractivity contribution in [2.75, 3.05) is 31.5 Å². The van der Waals surface area contributed by atoms with Crippen LogP contribution >= 0.6 is 0 Å². The number of carbonyl (C=O) groups is 1. The van der Waals surface area contributed by atoms with Crippen LogP contribution in [0.5, 0.6) is 11.5 Å². The third kappa shape index (κ3) is 5.65. The molecule has 1 fully saturated rings. The van der Waals surface area contributed by atoms with E-state index in [4.69, 9.17) is 19.9 Å². The van der Waals surface area contributed by atoms with Crippen LogP contribution in [0.4, 0.5) is 29.5 Å². The minimum absolute atomic E-state index is 0.00705. The number of fused-ring (bicyclic) bond motifs is 1. The van der Waals surface area contributed by atoms with Crippen molar-refractivity contribution in [3.63, 3.8) is 0 Å². The van der Waals surface area contributed by atoms with Crippen molar-refractivity contribution in [3.8, 4) is 11.5 Å². The van der Waals surface area contributed by atoms with Crippen molar-refractivity contribution in [1.82, 2.24) is 9.97 Å². The second-order valence-corrected chi connectivity index (χ2v) is 9.86. The van der Waals surface area contributed by atoms with Gasteiger partial charge < -0.3 is 25.1 Å². The molecule has 0 spiro atoms. The Morgan fingerprint density at radius 1 is 1.13 bits per heavy atom. The second kappa shape index (κ2) is 10.4. The molecular weight excluding hydrogens is 517 g/mol. The lowest BCUT2D eigenvalue weighted by molar-refractivity contribution is -0.137. The van der Waals surface area contributed by atoms with E-state index in [-0.39, 0.29) is 34.4 Å². The smallest absolute Gasteiger partial charge is 0.416 e. The van der Waals surface area contributed by atoms with E-state index in [2.05, 4.69) is 9.97 Å². The Hall–Kier alpha value is -3.80. The zero-order chi connectivity index (χ0) is 28.7. The molecule has 1 aromatic heterocycles. The van der Waals surface area contributed by atoms with Gasteiger partial charge in [0.1, 0.15) is 11.6 Å². The first-order valence-corrected chi connectivity index (χ1v) is 12.3. The molecule has 0 bridgehead atoms. The number of benzene rings is 2. The molecule has 1 heterocycles. The minimum Gasteiger partial charge on any atom is -0.493 e. The normalized spacial score (nSPS) is 16.0. The van der Waals surface area contributed by atoms with Crippen molar-refractivity contribution in [3.05, 3.63) is 47.3 Å². The first-order chi connectivity index (χ1) is 18.3. The number of hydrogen-bond donors (Lipinski definition) is 2. The van der Waals surface area contributed by atoms with Crippen molar-refractivity contribution < 1.29 is 37.3 Å². The number of aromatic nitrogens is 2. The van der Waals surface area contributed by atoms with Crippen LogP contribution in [-0.4, -0.2) is 48.1 Å². The number of halogens is 3. The summed E-state index contributed by atoms with van der Waals surface area (Å²) in [4.78, 5) is 22.3. The van der Waals surface area contributed by atoms with Crippen molar-refractivity contribution in [1.29, 1.82) is 0 Å². The van der Waals surface area contributed by atoms with Crippen LogP contribution in [0.15, 0.2) is 30.3 Å². The zero-order valence-electron chi connectivity index (χ0n) is 22.3. The van der Waals surface area contributed by atoms with Gasteiger partial charge in [0.15, 0.2) is 11.5 Å². The summed E-state index contributed by atoms with van der Waals surface area (Å²) in [5.74, 6) is 1.01. The van der Waals surface area contributed by atoms with Crippen LogP contribution < -0.4 is 20.1 Å². The molecule has 0 unspecified atom stereocenters. The van der Waals surface area contributed by atoms with Gasteiger partial charge in [0.2, 0.25) is 0 Å². The van der Waals surface area contributed by atoms with E-state index in [0.29, 0.717) is 29.0 Å². The Kier molecular flexibility index (Phi) is 7.53. The van der Waals surface area contributed by atoms with E-state index < -0.39 is 23.9 Å². The van der Waals surface area contributed by atoms with Crippen LogP contribution in [0.1, 0.15) is 49.7 Å². The monoisotopic (exact) mass is 548 g/mol. The lowest BCUT2D eigenvalue weighted by atomic mass is 10.0. The van der Waals surface area contributed by atoms with E-state index in [0.717, 1.165) is 29.9 Å². The SMILES string of the molecule is COc1cc2nc(C)nc(N(C(=O)O)[C@H](C)c3cc(N)cc(C(F)(F)F)c3)c2cc1OCC1([C@H](C)OC)CC1. The molecule has 1 aliphatic rings. The van der Waals surface area contributed by atoms with E-state index in [9.17, 15) is 23.1 Å². The molecule has 4 rings (SSSR count). The summed E-state index contributed by atoms with van der Waals surface area (Å²) in [6, 6.07) is 5.15. The molecule has 9 nitrogen and oxygen atoms in total. The number of nitrogens with two attached hydrogens (primary N) is 1. The summed E-state index contributed by atoms with van der Waals surface area (Å²) >= 11 is 0. The molecule has 12 heteroatoms. The van der Waals surface area contributed by atoms with Crippen molar-refractivity contribution >= 4 is 28.5 Å². The first-order valence-electron chi connectivity index (χ1n) is 12.3. The second-order valence-electron chi connectivity index (χ2n) is 9.86. The number of nitrogens with zero attached hydrogens (tertiary/aromatic N) is 3. The van der Waals surface area contributed by atoms with E-state index in [1.165, 1.54) is 20.1 Å². The van der Waals surface area contributed by atoms with Crippen LogP contribution in [0.2, 0.25) is 0 Å². The number of hydrogen-bond acceptors (Lipinski definition) is 7. The number of ether oxygens (including phenoxy) is 3. The van der Waals surface area contributed by atoms with Gasteiger partial charge in [-0.15, -0.1) is 0 Å². The van der Waals surface area contributed by atoms with Gasteiger partial charge in [0.05, 0.1) is 36.9 Å². The van der Waals surface area contributed by atoms with Crippen LogP contribution in [-0.2, 0) is 10.9 Å². The summed E-state index contributed by atoms with van der Waals surface area (Å²) in [7, 11) is 3.13. The predicted molar refractivity (Wildman–Crippen MR) is 139 cm³/mol. The highest BCUT2D eigenvalue weighted by molar-refractivity contribution is 5.99. The molecule has 39 heavy (non-hydrogen) atoms. The fraction of sp³-hybridized carbons (Fsp3) is 0.444. The van der Waals surface area contributed by atoms with Gasteiger partial charge in [0.25, 0.3) is 0 Å². The molecule has 210 valence electrons. The zero-order valence-corrected chi connectivity index (χ0v) is 22.3. The molecule has 2 aromatic carbocycles. The highest BCUT2D eigenvalue weighted by Gasteiger charge is 2.49. The minimum atomic E-state index is -4.65. The van der Waals surface area contributed by atoms with Gasteiger partial charge in [-0.1, -0.05) is 0 Å². The maximum atomic E-state index is 13.5. The number of aryl methyl sites for hydroxylation is 1. The average molecular weight is 549 g/mol. The predicted octanol–water partition coefficient (Wildman–Crippen LogP) is 5.99. The van der Waals surface area contributed by atoms with Gasteiger partial charge in [-0.05, 0) is 63.4 Å². The molecule has 1 amide bonds. The van der Waals surface area contributed by atoms with Gasteiger partial charge in [-0.2, -0.15) is 13.2 Å². The van der Waals surface area contributed by atoms with Crippen molar-refractivity contribution in [2.45, 2.75) is 51.9 Å². The maximum absolute atomic E-state index is 13.5. The lowest BCUT2D eigenvalue weighted by Gasteiger charge is -2.28. The number of rotatable bonds is 9. The summed E-state index contributed by atoms with van der Waals surface area (Å²) in [6.07, 6.45) is -4.21. The van der Waals surface area contributed by atoms with Gasteiger partial charge in [0, 0.05) is 29.7 Å². The van der Waals surface area contributed by atoms with Crippen molar-refractivity contribution in [2.24, 2.45) is 5.41 Å². The first kappa shape index (κ1) is 28.2. The van der Waals surface area contributed by atoms with Gasteiger partial charge in [-0.3, -0.25) is 4.90 Å². The number of anilines is 2. The summed E-state index contributed by atoms with van der Waals surface area (Å²) in [5.41, 5.74) is 4.95. The summed E-state index contributed by atoms with van der Waals surface area (Å²) < 4.78 is 57.6. The third-order valence-corrected chi connectivity index (χ3v) is 7.31. The van der Waals surface area contributed by atoms with Crippen LogP contribution in [0, 0.1) is 12.3 Å². The summed E-state index contributed by atoms with van der Waals surface area (Å²) in [6.45, 7) is 5.40. The Bertz CT molecular complexity index is 1390. The number of alkyl halides is 3. The third-order valence-electron chi connectivity index (χ3n) is 7.31. The molecule has 0 saturated heterocycles. The Morgan fingerprint density at radius 3 is 2.38 bits per heavy atom. The Balaban J connectivity index is 1.81. The van der Waals surface area contributed by atoms with Crippen LogP contribution in [0.3, 0.4) is 0 Å². The molecule has 2 atom stereocenters. The Morgan fingerprint density at radius 2 is 1.82 bits per heavy atom.